The minimum Gasteiger partial charge on any atom is -0.356 e. The smallest absolute Gasteiger partial charge is 0.356 e. The average Bonchev–Trinajstić information content (AvgIpc) is 2.98. The minimum atomic E-state index is -4.71. The highest BCUT2D eigenvalue weighted by Gasteiger charge is 2.35. The number of pyridine rings is 1. The molecule has 0 bridgehead atoms. The number of piperidine rings is 1. The lowest BCUT2D eigenvalue weighted by Gasteiger charge is -2.33. The maximum Gasteiger partial charge on any atom is 0.433 e. The van der Waals surface area contributed by atoms with Crippen LogP contribution in [0.2, 0.25) is 0 Å². The fraction of sp³-hybridized carbons (Fsp3) is 0.367. The Labute approximate surface area is 251 Å². The highest BCUT2D eigenvalue weighted by molar-refractivity contribution is 7.90. The van der Waals surface area contributed by atoms with Gasteiger partial charge in [-0.3, -0.25) is 9.59 Å². The Hall–Kier alpha value is -3.91. The summed E-state index contributed by atoms with van der Waals surface area (Å²) < 4.78 is 92.0. The summed E-state index contributed by atoms with van der Waals surface area (Å²) >= 11 is 0. The number of carbonyl (C=O) groups is 2. The number of anilines is 1. The van der Waals surface area contributed by atoms with Crippen molar-refractivity contribution in [3.63, 3.8) is 0 Å². The molecule has 2 atom stereocenters. The number of Topliss-reactive ketones (excluding diaryl/α,β-unsaturated/α-hetero) is 1. The lowest BCUT2D eigenvalue weighted by molar-refractivity contribution is -0.141. The number of ketones is 1. The third kappa shape index (κ3) is 7.59. The number of amides is 1. The van der Waals surface area contributed by atoms with Crippen LogP contribution in [0.1, 0.15) is 63.8 Å². The number of nitrogens with two attached hydrogens (primary N) is 1. The van der Waals surface area contributed by atoms with E-state index in [9.17, 15) is 40.0 Å². The van der Waals surface area contributed by atoms with Crippen LogP contribution in [0.4, 0.5) is 27.8 Å². The Bertz CT molecular complexity index is 1640. The van der Waals surface area contributed by atoms with Gasteiger partial charge in [-0.15, -0.1) is 0 Å². The summed E-state index contributed by atoms with van der Waals surface area (Å²) in [4.78, 5) is 31.3. The molecule has 1 saturated heterocycles. The van der Waals surface area contributed by atoms with Gasteiger partial charge >= 0.3 is 6.18 Å². The van der Waals surface area contributed by atoms with Crippen molar-refractivity contribution >= 4 is 27.3 Å². The molecule has 0 radical (unpaired) electrons. The highest BCUT2D eigenvalue weighted by atomic mass is 32.2. The zero-order valence-corrected chi connectivity index (χ0v) is 24.7. The first kappa shape index (κ1) is 33.0. The lowest BCUT2D eigenvalue weighted by Crippen LogP contribution is -2.38. The Balaban J connectivity index is 1.48. The van der Waals surface area contributed by atoms with Gasteiger partial charge in [0.15, 0.2) is 15.6 Å². The third-order valence-corrected chi connectivity index (χ3v) is 8.86. The molecule has 8 nitrogen and oxygen atoms in total. The van der Waals surface area contributed by atoms with Crippen molar-refractivity contribution in [3.8, 4) is 0 Å². The van der Waals surface area contributed by atoms with Gasteiger partial charge < -0.3 is 16.0 Å². The molecule has 2 unspecified atom stereocenters. The van der Waals surface area contributed by atoms with E-state index in [1.807, 2.05) is 0 Å². The molecular formula is C30H31F5N4O4S. The molecule has 236 valence electrons. The number of alkyl halides is 3. The summed E-state index contributed by atoms with van der Waals surface area (Å²) in [5, 5.41) is 1.08. The number of aromatic nitrogens is 1. The molecular weight excluding hydrogens is 607 g/mol. The van der Waals surface area contributed by atoms with Crippen LogP contribution in [0.3, 0.4) is 0 Å². The molecule has 1 aliphatic rings. The maximum absolute atomic E-state index is 14.7. The molecule has 0 aliphatic carbocycles. The third-order valence-electron chi connectivity index (χ3n) is 7.68. The van der Waals surface area contributed by atoms with E-state index in [1.54, 1.807) is 4.90 Å². The summed E-state index contributed by atoms with van der Waals surface area (Å²) in [5.41, 5.74) is 5.17. The van der Waals surface area contributed by atoms with Crippen LogP contribution in [-0.4, -0.2) is 44.4 Å². The zero-order valence-electron chi connectivity index (χ0n) is 23.9. The number of rotatable bonds is 9. The molecule has 14 heteroatoms. The lowest BCUT2D eigenvalue weighted by atomic mass is 9.88. The first-order chi connectivity index (χ1) is 20.6. The standard InChI is InChI=1S/C30H31F5N4O4S/c1-17(20-5-9-23(24(32)15-20)27(36)44(2,42)43)29(41)37-16-21-6-10-25(30(33,34)35)38-28(21)39-13-11-19(12-14-39)26(40)18-3-7-22(31)8-4-18/h3-10,15,17,19,27H,11-14,16,36H2,1-2H3,(H,37,41). The van der Waals surface area contributed by atoms with Gasteiger partial charge in [-0.1, -0.05) is 18.2 Å². The fourth-order valence-electron chi connectivity index (χ4n) is 5.01. The van der Waals surface area contributed by atoms with E-state index in [0.717, 1.165) is 18.4 Å². The second-order valence-corrected chi connectivity index (χ2v) is 12.9. The van der Waals surface area contributed by atoms with Gasteiger partial charge in [0.1, 0.15) is 28.5 Å². The molecule has 1 aliphatic heterocycles. The monoisotopic (exact) mass is 638 g/mol. The van der Waals surface area contributed by atoms with Crippen LogP contribution in [0, 0.1) is 17.6 Å². The van der Waals surface area contributed by atoms with E-state index in [1.165, 1.54) is 49.4 Å². The highest BCUT2D eigenvalue weighted by Crippen LogP contribution is 2.33. The summed E-state index contributed by atoms with van der Waals surface area (Å²) in [6.07, 6.45) is -3.16. The van der Waals surface area contributed by atoms with Gasteiger partial charge in [0.05, 0.1) is 5.92 Å². The summed E-state index contributed by atoms with van der Waals surface area (Å²) in [6, 6.07) is 10.8. The van der Waals surface area contributed by atoms with Gasteiger partial charge in [0.25, 0.3) is 0 Å². The Morgan fingerprint density at radius 1 is 1.05 bits per heavy atom. The van der Waals surface area contributed by atoms with Crippen LogP contribution < -0.4 is 16.0 Å². The summed E-state index contributed by atoms with van der Waals surface area (Å²) in [7, 11) is -3.77. The number of hydrogen-bond donors (Lipinski definition) is 2. The van der Waals surface area contributed by atoms with E-state index >= 15 is 0 Å². The second kappa shape index (κ2) is 13.0. The molecule has 1 amide bonds. The second-order valence-electron chi connectivity index (χ2n) is 10.8. The van der Waals surface area contributed by atoms with Crippen LogP contribution in [-0.2, 0) is 27.4 Å². The fourth-order valence-corrected chi connectivity index (χ4v) is 5.66. The maximum atomic E-state index is 14.7. The number of sulfone groups is 1. The van der Waals surface area contributed by atoms with Crippen molar-refractivity contribution in [2.24, 2.45) is 11.7 Å². The van der Waals surface area contributed by atoms with Crippen LogP contribution in [0.15, 0.2) is 54.6 Å². The van der Waals surface area contributed by atoms with E-state index in [2.05, 4.69) is 10.3 Å². The number of nitrogens with zero attached hydrogens (tertiary/aromatic N) is 2. The van der Waals surface area contributed by atoms with Crippen molar-refractivity contribution in [3.05, 3.63) is 94.2 Å². The van der Waals surface area contributed by atoms with E-state index < -0.39 is 56.5 Å². The van der Waals surface area contributed by atoms with Crippen molar-refractivity contribution in [2.45, 2.75) is 43.8 Å². The van der Waals surface area contributed by atoms with E-state index in [-0.39, 0.29) is 42.4 Å². The molecule has 0 spiro atoms. The zero-order chi connectivity index (χ0) is 32.4. The Morgan fingerprint density at radius 3 is 2.25 bits per heavy atom. The van der Waals surface area contributed by atoms with E-state index in [4.69, 9.17) is 5.73 Å². The summed E-state index contributed by atoms with van der Waals surface area (Å²) in [6.45, 7) is 1.77. The van der Waals surface area contributed by atoms with Gasteiger partial charge in [0.2, 0.25) is 5.91 Å². The number of halogens is 5. The molecule has 0 saturated carbocycles. The number of carbonyl (C=O) groups excluding carboxylic acids is 2. The number of benzene rings is 2. The Kier molecular flexibility index (Phi) is 9.74. The SMILES string of the molecule is CC(C(=O)NCc1ccc(C(F)(F)F)nc1N1CCC(C(=O)c2ccc(F)cc2)CC1)c1ccc(C(N)S(C)(=O)=O)c(F)c1. The first-order valence-electron chi connectivity index (χ1n) is 13.7. The molecule has 1 aromatic heterocycles. The summed E-state index contributed by atoms with van der Waals surface area (Å²) in [5.74, 6) is -3.37. The van der Waals surface area contributed by atoms with Gasteiger partial charge in [0, 0.05) is 48.5 Å². The molecule has 3 N–H and O–H groups in total. The number of nitrogens with one attached hydrogen (secondary N) is 1. The average molecular weight is 639 g/mol. The quantitative estimate of drug-likeness (QED) is 0.253. The first-order valence-corrected chi connectivity index (χ1v) is 15.6. The van der Waals surface area contributed by atoms with Crippen molar-refractivity contribution in [1.29, 1.82) is 0 Å². The molecule has 44 heavy (non-hydrogen) atoms. The van der Waals surface area contributed by atoms with Crippen LogP contribution in [0.25, 0.3) is 0 Å². The van der Waals surface area contributed by atoms with Gasteiger partial charge in [-0.2, -0.15) is 13.2 Å². The largest absolute Gasteiger partial charge is 0.433 e. The Morgan fingerprint density at radius 2 is 1.68 bits per heavy atom. The van der Waals surface area contributed by atoms with Crippen molar-refractivity contribution in [1.82, 2.24) is 10.3 Å². The molecule has 1 fully saturated rings. The molecule has 3 aromatic rings. The minimum absolute atomic E-state index is 0.0191. The normalized spacial score (nSPS) is 16.0. The predicted octanol–water partition coefficient (Wildman–Crippen LogP) is 4.90. The van der Waals surface area contributed by atoms with Crippen molar-refractivity contribution < 1.29 is 40.0 Å². The predicted molar refractivity (Wildman–Crippen MR) is 153 cm³/mol. The van der Waals surface area contributed by atoms with Crippen LogP contribution in [0.5, 0.6) is 0 Å². The van der Waals surface area contributed by atoms with Gasteiger partial charge in [-0.05, 0) is 61.7 Å². The molecule has 2 aromatic carbocycles. The topological polar surface area (TPSA) is 122 Å². The molecule has 4 rings (SSSR count). The number of hydrogen-bond acceptors (Lipinski definition) is 7. The van der Waals surface area contributed by atoms with Crippen molar-refractivity contribution in [2.75, 3.05) is 24.2 Å². The van der Waals surface area contributed by atoms with Crippen LogP contribution >= 0.6 is 0 Å². The molecule has 2 heterocycles. The van der Waals surface area contributed by atoms with E-state index in [0.29, 0.717) is 24.0 Å². The van der Waals surface area contributed by atoms with Gasteiger partial charge in [-0.25, -0.2) is 22.2 Å².